The molecule has 0 bridgehead atoms. The predicted molar refractivity (Wildman–Crippen MR) is 105 cm³/mol. The number of methoxy groups -OCH3 is 1. The van der Waals surface area contributed by atoms with Crippen LogP contribution in [0.4, 0.5) is 11.4 Å². The summed E-state index contributed by atoms with van der Waals surface area (Å²) >= 11 is 0. The molecule has 0 aliphatic carbocycles. The van der Waals surface area contributed by atoms with E-state index in [1.54, 1.807) is 67.6 Å². The highest BCUT2D eigenvalue weighted by Gasteiger charge is 2.11. The molecule has 0 heterocycles. The summed E-state index contributed by atoms with van der Waals surface area (Å²) < 4.78 is 10.4. The highest BCUT2D eigenvalue weighted by molar-refractivity contribution is 5.94. The minimum atomic E-state index is -0.198. The Bertz CT molecular complexity index is 745. The molecule has 0 aliphatic rings. The number of nitrogens with zero attached hydrogens (tertiary/aromatic N) is 1. The Balaban J connectivity index is 1.76. The number of ether oxygens (including phenoxy) is 2. The monoisotopic (exact) mass is 371 g/mol. The smallest absolute Gasteiger partial charge is 0.238 e. The number of carbonyl (C=O) groups is 2. The fourth-order valence-electron chi connectivity index (χ4n) is 2.42. The predicted octanol–water partition coefficient (Wildman–Crippen LogP) is 2.60. The maximum absolute atomic E-state index is 12.1. The molecule has 0 saturated carbocycles. The van der Waals surface area contributed by atoms with Gasteiger partial charge in [-0.1, -0.05) is 0 Å². The van der Waals surface area contributed by atoms with Crippen molar-refractivity contribution in [2.24, 2.45) is 0 Å². The van der Waals surface area contributed by atoms with E-state index in [0.717, 1.165) is 11.5 Å². The van der Waals surface area contributed by atoms with Gasteiger partial charge >= 0.3 is 0 Å². The molecule has 0 spiro atoms. The standard InChI is InChI=1S/C20H25N3O4/c1-4-27-18-11-7-16(8-12-18)22-20(25)14-23(2)13-19(24)21-15-5-9-17(26-3)10-6-15/h5-12H,4,13-14H2,1-3H3,(H,21,24)(H,22,25). The lowest BCUT2D eigenvalue weighted by atomic mass is 10.3. The lowest BCUT2D eigenvalue weighted by Gasteiger charge is -2.16. The molecule has 0 fully saturated rings. The SMILES string of the molecule is CCOc1ccc(NC(=O)CN(C)CC(=O)Nc2ccc(OC)cc2)cc1. The second-order valence-electron chi connectivity index (χ2n) is 5.95. The minimum absolute atomic E-state index is 0.0999. The Kier molecular flexibility index (Phi) is 7.63. The quantitative estimate of drug-likeness (QED) is 0.708. The third-order valence-electron chi connectivity index (χ3n) is 3.65. The molecule has 144 valence electrons. The molecule has 7 nitrogen and oxygen atoms in total. The van der Waals surface area contributed by atoms with Crippen LogP contribution in [0.15, 0.2) is 48.5 Å². The van der Waals surface area contributed by atoms with Gasteiger partial charge in [0.05, 0.1) is 26.8 Å². The van der Waals surface area contributed by atoms with Gasteiger partial charge in [-0.2, -0.15) is 0 Å². The first kappa shape index (κ1) is 20.3. The molecule has 0 saturated heterocycles. The maximum atomic E-state index is 12.1. The summed E-state index contributed by atoms with van der Waals surface area (Å²) in [6, 6.07) is 14.2. The Morgan fingerprint density at radius 1 is 0.852 bits per heavy atom. The normalized spacial score (nSPS) is 10.4. The van der Waals surface area contributed by atoms with Crippen molar-refractivity contribution in [2.45, 2.75) is 6.92 Å². The van der Waals surface area contributed by atoms with Crippen LogP contribution in [0, 0.1) is 0 Å². The molecule has 7 heteroatoms. The molecule has 0 atom stereocenters. The largest absolute Gasteiger partial charge is 0.497 e. The van der Waals surface area contributed by atoms with Crippen LogP contribution >= 0.6 is 0 Å². The van der Waals surface area contributed by atoms with Crippen molar-refractivity contribution in [2.75, 3.05) is 44.5 Å². The van der Waals surface area contributed by atoms with Crippen LogP contribution in [-0.4, -0.2) is 50.6 Å². The van der Waals surface area contributed by atoms with Crippen molar-refractivity contribution in [1.82, 2.24) is 4.90 Å². The third kappa shape index (κ3) is 6.99. The van der Waals surface area contributed by atoms with Gasteiger partial charge in [0, 0.05) is 11.4 Å². The topological polar surface area (TPSA) is 79.9 Å². The zero-order valence-corrected chi connectivity index (χ0v) is 15.8. The van der Waals surface area contributed by atoms with E-state index >= 15 is 0 Å². The second-order valence-corrected chi connectivity index (χ2v) is 5.95. The summed E-state index contributed by atoms with van der Waals surface area (Å²) in [5.41, 5.74) is 1.35. The van der Waals surface area contributed by atoms with Crippen molar-refractivity contribution in [3.63, 3.8) is 0 Å². The van der Waals surface area contributed by atoms with Gasteiger partial charge < -0.3 is 20.1 Å². The zero-order valence-electron chi connectivity index (χ0n) is 15.8. The van der Waals surface area contributed by atoms with Gasteiger partial charge in [-0.3, -0.25) is 14.5 Å². The number of hydrogen-bond acceptors (Lipinski definition) is 5. The average molecular weight is 371 g/mol. The van der Waals surface area contributed by atoms with Gasteiger partial charge in [-0.15, -0.1) is 0 Å². The summed E-state index contributed by atoms with van der Waals surface area (Å²) in [5.74, 6) is 1.08. The molecule has 0 aliphatic heterocycles. The van der Waals surface area contributed by atoms with E-state index in [2.05, 4.69) is 10.6 Å². The van der Waals surface area contributed by atoms with Crippen molar-refractivity contribution in [3.8, 4) is 11.5 Å². The van der Waals surface area contributed by atoms with E-state index in [1.165, 1.54) is 0 Å². The molecular formula is C20H25N3O4. The lowest BCUT2D eigenvalue weighted by Crippen LogP contribution is -2.36. The van der Waals surface area contributed by atoms with Crippen molar-refractivity contribution in [1.29, 1.82) is 0 Å². The summed E-state index contributed by atoms with van der Waals surface area (Å²) in [6.07, 6.45) is 0. The molecule has 2 rings (SSSR count). The van der Waals surface area contributed by atoms with E-state index in [9.17, 15) is 9.59 Å². The van der Waals surface area contributed by atoms with Crippen molar-refractivity contribution < 1.29 is 19.1 Å². The Hall–Kier alpha value is -3.06. The first-order chi connectivity index (χ1) is 13.0. The molecule has 2 N–H and O–H groups in total. The second kappa shape index (κ2) is 10.2. The fraction of sp³-hybridized carbons (Fsp3) is 0.300. The van der Waals surface area contributed by atoms with Crippen LogP contribution in [0.3, 0.4) is 0 Å². The van der Waals surface area contributed by atoms with Gasteiger partial charge in [-0.05, 0) is 62.5 Å². The lowest BCUT2D eigenvalue weighted by molar-refractivity contribution is -0.119. The molecule has 0 radical (unpaired) electrons. The molecular weight excluding hydrogens is 346 g/mol. The van der Waals surface area contributed by atoms with Gasteiger partial charge in [0.25, 0.3) is 0 Å². The highest BCUT2D eigenvalue weighted by Crippen LogP contribution is 2.16. The summed E-state index contributed by atoms with van der Waals surface area (Å²) in [6.45, 7) is 2.71. The van der Waals surface area contributed by atoms with Crippen LogP contribution in [0.2, 0.25) is 0 Å². The Labute approximate surface area is 159 Å². The van der Waals surface area contributed by atoms with Gasteiger partial charge in [0.15, 0.2) is 0 Å². The van der Waals surface area contributed by atoms with E-state index < -0.39 is 0 Å². The summed E-state index contributed by atoms with van der Waals surface area (Å²) in [7, 11) is 3.30. The van der Waals surface area contributed by atoms with Crippen LogP contribution < -0.4 is 20.1 Å². The third-order valence-corrected chi connectivity index (χ3v) is 3.65. The summed E-state index contributed by atoms with van der Waals surface area (Å²) in [5, 5.41) is 5.58. The van der Waals surface area contributed by atoms with Crippen LogP contribution in [0.1, 0.15) is 6.92 Å². The number of hydrogen-bond donors (Lipinski definition) is 2. The number of anilines is 2. The Morgan fingerprint density at radius 2 is 1.30 bits per heavy atom. The number of rotatable bonds is 9. The number of benzene rings is 2. The van der Waals surface area contributed by atoms with Crippen molar-refractivity contribution in [3.05, 3.63) is 48.5 Å². The highest BCUT2D eigenvalue weighted by atomic mass is 16.5. The van der Waals surface area contributed by atoms with Crippen LogP contribution in [0.25, 0.3) is 0 Å². The molecule has 2 aromatic rings. The molecule has 0 aromatic heterocycles. The molecule has 0 unspecified atom stereocenters. The summed E-state index contributed by atoms with van der Waals surface area (Å²) in [4.78, 5) is 25.8. The van der Waals surface area contributed by atoms with Crippen LogP contribution in [-0.2, 0) is 9.59 Å². The maximum Gasteiger partial charge on any atom is 0.238 e. The number of likely N-dealkylation sites (N-methyl/N-ethyl adjacent to an activating group) is 1. The van der Waals surface area contributed by atoms with Crippen LogP contribution in [0.5, 0.6) is 11.5 Å². The first-order valence-corrected chi connectivity index (χ1v) is 8.65. The van der Waals surface area contributed by atoms with E-state index in [1.807, 2.05) is 6.92 Å². The van der Waals surface area contributed by atoms with Gasteiger partial charge in [-0.25, -0.2) is 0 Å². The van der Waals surface area contributed by atoms with Gasteiger partial charge in [0.2, 0.25) is 11.8 Å². The minimum Gasteiger partial charge on any atom is -0.497 e. The zero-order chi connectivity index (χ0) is 19.6. The van der Waals surface area contributed by atoms with Gasteiger partial charge in [0.1, 0.15) is 11.5 Å². The van der Waals surface area contributed by atoms with E-state index in [-0.39, 0.29) is 24.9 Å². The Morgan fingerprint density at radius 3 is 1.70 bits per heavy atom. The first-order valence-electron chi connectivity index (χ1n) is 8.65. The number of amides is 2. The van der Waals surface area contributed by atoms with Crippen molar-refractivity contribution >= 4 is 23.2 Å². The molecule has 2 amide bonds. The number of nitrogens with one attached hydrogen (secondary N) is 2. The molecule has 2 aromatic carbocycles. The fourth-order valence-corrected chi connectivity index (χ4v) is 2.42. The average Bonchev–Trinajstić information content (AvgIpc) is 2.64. The number of carbonyl (C=O) groups excluding carboxylic acids is 2. The van der Waals surface area contributed by atoms with E-state index in [0.29, 0.717) is 18.0 Å². The van der Waals surface area contributed by atoms with E-state index in [4.69, 9.17) is 9.47 Å². The molecule has 27 heavy (non-hydrogen) atoms.